The van der Waals surface area contributed by atoms with E-state index in [1.807, 2.05) is 11.4 Å². The van der Waals surface area contributed by atoms with Gasteiger partial charge in [-0.2, -0.15) is 0 Å². The fraction of sp³-hybridized carbons (Fsp3) is 0.538. The Labute approximate surface area is 115 Å². The van der Waals surface area contributed by atoms with Crippen LogP contribution in [0, 0.1) is 0 Å². The van der Waals surface area contributed by atoms with Gasteiger partial charge in [-0.25, -0.2) is 4.79 Å². The monoisotopic (exact) mass is 283 g/mol. The minimum absolute atomic E-state index is 0.0413. The summed E-state index contributed by atoms with van der Waals surface area (Å²) in [6.07, 6.45) is 0.453. The van der Waals surface area contributed by atoms with Gasteiger partial charge >= 0.3 is 12.1 Å². The zero-order valence-corrected chi connectivity index (χ0v) is 11.6. The van der Waals surface area contributed by atoms with E-state index in [2.05, 4.69) is 0 Å². The average molecular weight is 283 g/mol. The number of carboxylic acid groups (broad SMARTS) is 1. The van der Waals surface area contributed by atoms with Crippen LogP contribution in [0.3, 0.4) is 0 Å². The first-order chi connectivity index (χ1) is 9.11. The topological polar surface area (TPSA) is 66.8 Å². The van der Waals surface area contributed by atoms with E-state index in [0.717, 1.165) is 12.0 Å². The molecule has 104 valence electrons. The molecule has 0 saturated carbocycles. The lowest BCUT2D eigenvalue weighted by Crippen LogP contribution is -2.35. The van der Waals surface area contributed by atoms with Crippen LogP contribution in [0.4, 0.5) is 4.79 Å². The second kappa shape index (κ2) is 6.06. The molecule has 1 aromatic rings. The number of rotatable bonds is 3. The number of nitrogens with zero attached hydrogens (tertiary/aromatic N) is 1. The van der Waals surface area contributed by atoms with Gasteiger partial charge in [0, 0.05) is 23.9 Å². The summed E-state index contributed by atoms with van der Waals surface area (Å²) in [6, 6.07) is 1.97. The molecule has 1 atom stereocenters. The van der Waals surface area contributed by atoms with Gasteiger partial charge in [-0.15, -0.1) is 11.3 Å². The van der Waals surface area contributed by atoms with Crippen LogP contribution in [0.2, 0.25) is 0 Å². The van der Waals surface area contributed by atoms with Crippen LogP contribution in [0.25, 0.3) is 0 Å². The molecular weight excluding hydrogens is 266 g/mol. The van der Waals surface area contributed by atoms with E-state index in [1.54, 1.807) is 23.2 Å². The standard InChI is InChI=1S/C13H17NO4S/c1-2-18-13(17)14-5-3-11-10(4-6-19-11)9(8-14)7-12(15)16/h4,6,9H,2-3,5,7-8H2,1H3,(H,15,16)/t9-/m0/s1. The number of amides is 1. The molecule has 0 spiro atoms. The van der Waals surface area contributed by atoms with Gasteiger partial charge in [-0.05, 0) is 30.4 Å². The van der Waals surface area contributed by atoms with Crippen molar-refractivity contribution in [3.8, 4) is 0 Å². The van der Waals surface area contributed by atoms with Gasteiger partial charge in [0.05, 0.1) is 13.0 Å². The van der Waals surface area contributed by atoms with Crippen molar-refractivity contribution in [3.05, 3.63) is 21.9 Å². The number of hydrogen-bond acceptors (Lipinski definition) is 4. The molecule has 0 aliphatic carbocycles. The predicted octanol–water partition coefficient (Wildman–Crippen LogP) is 2.32. The minimum atomic E-state index is -0.840. The Hall–Kier alpha value is -1.56. The lowest BCUT2D eigenvalue weighted by molar-refractivity contribution is -0.137. The quantitative estimate of drug-likeness (QED) is 0.924. The molecule has 1 aliphatic rings. The van der Waals surface area contributed by atoms with Gasteiger partial charge in [0.2, 0.25) is 0 Å². The van der Waals surface area contributed by atoms with E-state index in [0.29, 0.717) is 19.7 Å². The zero-order valence-electron chi connectivity index (χ0n) is 10.8. The summed E-state index contributed by atoms with van der Waals surface area (Å²) in [7, 11) is 0. The molecule has 1 amide bonds. The molecule has 1 N–H and O–H groups in total. The Morgan fingerprint density at radius 1 is 1.58 bits per heavy atom. The van der Waals surface area contributed by atoms with E-state index in [4.69, 9.17) is 9.84 Å². The number of fused-ring (bicyclic) bond motifs is 1. The SMILES string of the molecule is CCOC(=O)N1CCc2sccc2[C@@H](CC(=O)O)C1. The van der Waals surface area contributed by atoms with Gasteiger partial charge in [0.25, 0.3) is 0 Å². The van der Waals surface area contributed by atoms with Crippen LogP contribution >= 0.6 is 11.3 Å². The molecule has 2 heterocycles. The third-order valence-corrected chi connectivity index (χ3v) is 4.21. The summed E-state index contributed by atoms with van der Waals surface area (Å²) in [5, 5.41) is 11.0. The van der Waals surface area contributed by atoms with Crippen molar-refractivity contribution < 1.29 is 19.4 Å². The molecule has 1 aliphatic heterocycles. The van der Waals surface area contributed by atoms with Crippen LogP contribution in [0.1, 0.15) is 29.7 Å². The normalized spacial score (nSPS) is 18.6. The first-order valence-corrected chi connectivity index (χ1v) is 7.19. The molecule has 0 radical (unpaired) electrons. The molecule has 0 fully saturated rings. The molecular formula is C13H17NO4S. The lowest BCUT2D eigenvalue weighted by atomic mass is 9.96. The zero-order chi connectivity index (χ0) is 13.8. The summed E-state index contributed by atoms with van der Waals surface area (Å²) in [5.41, 5.74) is 1.07. The van der Waals surface area contributed by atoms with Crippen LogP contribution in [-0.4, -0.2) is 41.8 Å². The highest BCUT2D eigenvalue weighted by Gasteiger charge is 2.28. The van der Waals surface area contributed by atoms with Crippen molar-refractivity contribution >= 4 is 23.4 Å². The van der Waals surface area contributed by atoms with Gasteiger partial charge in [-0.1, -0.05) is 0 Å². The van der Waals surface area contributed by atoms with E-state index in [-0.39, 0.29) is 18.4 Å². The third kappa shape index (κ3) is 3.26. The smallest absolute Gasteiger partial charge is 0.409 e. The number of carbonyl (C=O) groups is 2. The highest BCUT2D eigenvalue weighted by atomic mass is 32.1. The first-order valence-electron chi connectivity index (χ1n) is 6.31. The van der Waals surface area contributed by atoms with E-state index in [9.17, 15) is 9.59 Å². The number of carbonyl (C=O) groups excluding carboxylic acids is 1. The maximum atomic E-state index is 11.8. The van der Waals surface area contributed by atoms with E-state index >= 15 is 0 Å². The van der Waals surface area contributed by atoms with Crippen molar-refractivity contribution in [1.29, 1.82) is 0 Å². The van der Waals surface area contributed by atoms with Crippen LogP contribution in [0.5, 0.6) is 0 Å². The molecule has 0 bridgehead atoms. The maximum absolute atomic E-state index is 11.8. The second-order valence-electron chi connectivity index (χ2n) is 4.49. The Bertz CT molecular complexity index is 471. The van der Waals surface area contributed by atoms with Gasteiger partial charge < -0.3 is 14.7 Å². The molecule has 0 aromatic carbocycles. The Morgan fingerprint density at radius 2 is 2.37 bits per heavy atom. The number of ether oxygens (including phenoxy) is 1. The molecule has 19 heavy (non-hydrogen) atoms. The Morgan fingerprint density at radius 3 is 3.05 bits per heavy atom. The van der Waals surface area contributed by atoms with E-state index < -0.39 is 5.97 Å². The number of hydrogen-bond donors (Lipinski definition) is 1. The van der Waals surface area contributed by atoms with Crippen molar-refractivity contribution in [2.45, 2.75) is 25.7 Å². The predicted molar refractivity (Wildman–Crippen MR) is 71.6 cm³/mol. The van der Waals surface area contributed by atoms with Gasteiger partial charge in [0.1, 0.15) is 0 Å². The van der Waals surface area contributed by atoms with Crippen LogP contribution in [0.15, 0.2) is 11.4 Å². The van der Waals surface area contributed by atoms with Crippen LogP contribution < -0.4 is 0 Å². The Kier molecular flexibility index (Phi) is 4.42. The van der Waals surface area contributed by atoms with Crippen LogP contribution in [-0.2, 0) is 16.0 Å². The average Bonchev–Trinajstić information content (AvgIpc) is 2.75. The molecule has 1 aromatic heterocycles. The molecule has 0 unspecified atom stereocenters. The van der Waals surface area contributed by atoms with E-state index in [1.165, 1.54) is 4.88 Å². The van der Waals surface area contributed by atoms with Crippen molar-refractivity contribution in [2.75, 3.05) is 19.7 Å². The molecule has 5 nitrogen and oxygen atoms in total. The largest absolute Gasteiger partial charge is 0.481 e. The Balaban J connectivity index is 2.17. The minimum Gasteiger partial charge on any atom is -0.481 e. The highest BCUT2D eigenvalue weighted by molar-refractivity contribution is 7.10. The molecule has 0 saturated heterocycles. The van der Waals surface area contributed by atoms with Gasteiger partial charge in [0.15, 0.2) is 0 Å². The summed E-state index contributed by atoms with van der Waals surface area (Å²) in [5.74, 6) is -0.987. The first kappa shape index (κ1) is 13.9. The second-order valence-corrected chi connectivity index (χ2v) is 5.49. The summed E-state index contributed by atoms with van der Waals surface area (Å²) < 4.78 is 5.01. The third-order valence-electron chi connectivity index (χ3n) is 3.22. The maximum Gasteiger partial charge on any atom is 0.409 e. The number of carboxylic acids is 1. The van der Waals surface area contributed by atoms with Crippen molar-refractivity contribution in [1.82, 2.24) is 4.90 Å². The van der Waals surface area contributed by atoms with Crippen molar-refractivity contribution in [2.24, 2.45) is 0 Å². The van der Waals surface area contributed by atoms with Crippen molar-refractivity contribution in [3.63, 3.8) is 0 Å². The summed E-state index contributed by atoms with van der Waals surface area (Å²) in [6.45, 7) is 3.10. The lowest BCUT2D eigenvalue weighted by Gasteiger charge is -2.23. The fourth-order valence-corrected chi connectivity index (χ4v) is 3.33. The molecule has 6 heteroatoms. The fourth-order valence-electron chi connectivity index (χ4n) is 2.38. The summed E-state index contributed by atoms with van der Waals surface area (Å²) in [4.78, 5) is 25.6. The molecule has 2 rings (SSSR count). The number of thiophene rings is 1. The van der Waals surface area contributed by atoms with Gasteiger partial charge in [-0.3, -0.25) is 4.79 Å². The number of aliphatic carboxylic acids is 1. The highest BCUT2D eigenvalue weighted by Crippen LogP contribution is 2.31. The summed E-state index contributed by atoms with van der Waals surface area (Å²) >= 11 is 1.62.